The summed E-state index contributed by atoms with van der Waals surface area (Å²) in [5.74, 6) is -0.171. The molecule has 1 amide bonds. The van der Waals surface area contributed by atoms with E-state index in [0.29, 0.717) is 27.8 Å². The summed E-state index contributed by atoms with van der Waals surface area (Å²) >= 11 is 11.8. The second kappa shape index (κ2) is 7.49. The predicted molar refractivity (Wildman–Crippen MR) is 77.3 cm³/mol. The van der Waals surface area contributed by atoms with E-state index in [-0.39, 0.29) is 5.91 Å². The van der Waals surface area contributed by atoms with E-state index in [1.165, 1.54) is 25.0 Å². The molecule has 3 N–H and O–H groups in total. The van der Waals surface area contributed by atoms with E-state index in [4.69, 9.17) is 28.9 Å². The Bertz CT molecular complexity index is 398. The maximum Gasteiger partial charge on any atom is 0.251 e. The molecule has 0 unspecified atom stereocenters. The van der Waals surface area contributed by atoms with Gasteiger partial charge in [-0.3, -0.25) is 4.79 Å². The van der Waals surface area contributed by atoms with Gasteiger partial charge in [0, 0.05) is 12.1 Å². The largest absolute Gasteiger partial charge is 0.396 e. The van der Waals surface area contributed by atoms with Crippen LogP contribution in [0.1, 0.15) is 43.0 Å². The molecule has 100 valence electrons. The number of amides is 1. The Kier molecular flexibility index (Phi) is 6.30. The first-order valence-electron chi connectivity index (χ1n) is 6.09. The van der Waals surface area contributed by atoms with E-state index in [2.05, 4.69) is 12.2 Å². The van der Waals surface area contributed by atoms with Crippen molar-refractivity contribution in [2.45, 2.75) is 32.6 Å². The molecule has 1 rings (SSSR count). The fraction of sp³-hybridized carbons (Fsp3) is 0.462. The number of benzene rings is 1. The number of hydrogen-bond acceptors (Lipinski definition) is 2. The lowest BCUT2D eigenvalue weighted by molar-refractivity contribution is 0.0953. The van der Waals surface area contributed by atoms with Gasteiger partial charge in [-0.25, -0.2) is 0 Å². The van der Waals surface area contributed by atoms with Gasteiger partial charge < -0.3 is 11.1 Å². The zero-order valence-corrected chi connectivity index (χ0v) is 11.9. The van der Waals surface area contributed by atoms with Crippen molar-refractivity contribution in [2.24, 2.45) is 0 Å². The van der Waals surface area contributed by atoms with Crippen molar-refractivity contribution in [3.05, 3.63) is 27.7 Å². The Balaban J connectivity index is 2.52. The minimum absolute atomic E-state index is 0.171. The fourth-order valence-corrected chi connectivity index (χ4v) is 2.06. The minimum Gasteiger partial charge on any atom is -0.396 e. The molecule has 0 aliphatic carbocycles. The normalized spacial score (nSPS) is 10.4. The highest BCUT2D eigenvalue weighted by atomic mass is 35.5. The molecule has 1 aromatic carbocycles. The molecule has 0 heterocycles. The van der Waals surface area contributed by atoms with Gasteiger partial charge in [-0.15, -0.1) is 0 Å². The molecule has 0 aliphatic rings. The average Bonchev–Trinajstić information content (AvgIpc) is 2.34. The molecular weight excluding hydrogens is 271 g/mol. The van der Waals surface area contributed by atoms with E-state index in [1.807, 2.05) is 0 Å². The van der Waals surface area contributed by atoms with Crippen LogP contribution in [0.15, 0.2) is 12.1 Å². The first-order valence-corrected chi connectivity index (χ1v) is 6.84. The van der Waals surface area contributed by atoms with Crippen LogP contribution in [0.25, 0.3) is 0 Å². The molecular formula is C13H18Cl2N2O. The van der Waals surface area contributed by atoms with Crippen molar-refractivity contribution in [2.75, 3.05) is 12.3 Å². The number of nitrogen functional groups attached to an aromatic ring is 1. The summed E-state index contributed by atoms with van der Waals surface area (Å²) in [6.45, 7) is 2.81. The van der Waals surface area contributed by atoms with Gasteiger partial charge in [-0.1, -0.05) is 49.4 Å². The number of carbonyl (C=O) groups is 1. The van der Waals surface area contributed by atoms with Crippen LogP contribution in [0.3, 0.4) is 0 Å². The summed E-state index contributed by atoms with van der Waals surface area (Å²) in [5.41, 5.74) is 6.35. The standard InChI is InChI=1S/C13H18Cl2N2O/c1-2-3-4-5-6-17-13(18)9-7-10(14)12(16)11(15)8-9/h7-8H,2-6,16H2,1H3,(H,17,18). The van der Waals surface area contributed by atoms with Crippen molar-refractivity contribution in [1.82, 2.24) is 5.32 Å². The highest BCUT2D eigenvalue weighted by Gasteiger charge is 2.10. The lowest BCUT2D eigenvalue weighted by atomic mass is 10.1. The van der Waals surface area contributed by atoms with E-state index < -0.39 is 0 Å². The average molecular weight is 289 g/mol. The number of hydrogen-bond donors (Lipinski definition) is 2. The monoisotopic (exact) mass is 288 g/mol. The zero-order valence-electron chi connectivity index (χ0n) is 10.4. The van der Waals surface area contributed by atoms with Gasteiger partial charge in [0.05, 0.1) is 15.7 Å². The SMILES string of the molecule is CCCCCCNC(=O)c1cc(Cl)c(N)c(Cl)c1. The Morgan fingerprint density at radius 3 is 2.39 bits per heavy atom. The third kappa shape index (κ3) is 4.39. The molecule has 0 aliphatic heterocycles. The fourth-order valence-electron chi connectivity index (χ4n) is 1.57. The molecule has 0 bridgehead atoms. The van der Waals surface area contributed by atoms with E-state index >= 15 is 0 Å². The first kappa shape index (κ1) is 15.1. The highest BCUT2D eigenvalue weighted by Crippen LogP contribution is 2.28. The Morgan fingerprint density at radius 2 is 1.83 bits per heavy atom. The number of nitrogens with one attached hydrogen (secondary N) is 1. The second-order valence-corrected chi connectivity index (χ2v) is 4.98. The van der Waals surface area contributed by atoms with Crippen LogP contribution < -0.4 is 11.1 Å². The summed E-state index contributed by atoms with van der Waals surface area (Å²) in [6, 6.07) is 3.06. The van der Waals surface area contributed by atoms with E-state index in [9.17, 15) is 4.79 Å². The first-order chi connectivity index (χ1) is 8.56. The molecule has 18 heavy (non-hydrogen) atoms. The number of rotatable bonds is 6. The minimum atomic E-state index is -0.171. The van der Waals surface area contributed by atoms with Crippen molar-refractivity contribution >= 4 is 34.8 Å². The lowest BCUT2D eigenvalue weighted by Gasteiger charge is -2.07. The van der Waals surface area contributed by atoms with Gasteiger partial charge in [0.15, 0.2) is 0 Å². The number of halogens is 2. The Hall–Kier alpha value is -0.930. The van der Waals surface area contributed by atoms with E-state index in [0.717, 1.165) is 12.8 Å². The number of anilines is 1. The van der Waals surface area contributed by atoms with Crippen LogP contribution in [0, 0.1) is 0 Å². The predicted octanol–water partition coefficient (Wildman–Crippen LogP) is 3.89. The summed E-state index contributed by atoms with van der Waals surface area (Å²) in [5, 5.41) is 3.44. The van der Waals surface area contributed by atoms with Crippen molar-refractivity contribution in [3.8, 4) is 0 Å². The van der Waals surface area contributed by atoms with Crippen molar-refractivity contribution < 1.29 is 4.79 Å². The van der Waals surface area contributed by atoms with Crippen LogP contribution >= 0.6 is 23.2 Å². The van der Waals surface area contributed by atoms with Crippen LogP contribution in [-0.2, 0) is 0 Å². The molecule has 0 fully saturated rings. The molecule has 0 saturated carbocycles. The molecule has 0 aromatic heterocycles. The quantitative estimate of drug-likeness (QED) is 0.616. The third-order valence-corrected chi connectivity index (χ3v) is 3.28. The van der Waals surface area contributed by atoms with Crippen LogP contribution in [0.4, 0.5) is 5.69 Å². The van der Waals surface area contributed by atoms with Crippen LogP contribution in [0.5, 0.6) is 0 Å². The lowest BCUT2D eigenvalue weighted by Crippen LogP contribution is -2.24. The molecule has 5 heteroatoms. The van der Waals surface area contributed by atoms with Crippen molar-refractivity contribution in [3.63, 3.8) is 0 Å². The number of nitrogens with two attached hydrogens (primary N) is 1. The van der Waals surface area contributed by atoms with Gasteiger partial charge in [0.2, 0.25) is 0 Å². The maximum absolute atomic E-state index is 11.8. The van der Waals surface area contributed by atoms with Gasteiger partial charge in [0.1, 0.15) is 0 Å². The molecule has 0 spiro atoms. The van der Waals surface area contributed by atoms with Crippen LogP contribution in [-0.4, -0.2) is 12.5 Å². The van der Waals surface area contributed by atoms with Crippen LogP contribution in [0.2, 0.25) is 10.0 Å². The second-order valence-electron chi connectivity index (χ2n) is 4.17. The smallest absolute Gasteiger partial charge is 0.251 e. The topological polar surface area (TPSA) is 55.1 Å². The zero-order chi connectivity index (χ0) is 13.5. The third-order valence-electron chi connectivity index (χ3n) is 2.66. The molecule has 0 atom stereocenters. The van der Waals surface area contributed by atoms with Gasteiger partial charge >= 0.3 is 0 Å². The van der Waals surface area contributed by atoms with Gasteiger partial charge in [-0.2, -0.15) is 0 Å². The van der Waals surface area contributed by atoms with E-state index in [1.54, 1.807) is 0 Å². The Labute approximate surface area is 118 Å². The highest BCUT2D eigenvalue weighted by molar-refractivity contribution is 6.39. The summed E-state index contributed by atoms with van der Waals surface area (Å²) in [4.78, 5) is 11.8. The van der Waals surface area contributed by atoms with Gasteiger partial charge in [0.25, 0.3) is 5.91 Å². The van der Waals surface area contributed by atoms with Crippen molar-refractivity contribution in [1.29, 1.82) is 0 Å². The molecule has 0 saturated heterocycles. The summed E-state index contributed by atoms with van der Waals surface area (Å²) in [7, 11) is 0. The van der Waals surface area contributed by atoms with Gasteiger partial charge in [-0.05, 0) is 18.6 Å². The molecule has 1 aromatic rings. The number of unbranched alkanes of at least 4 members (excludes halogenated alkanes) is 3. The summed E-state index contributed by atoms with van der Waals surface area (Å²) < 4.78 is 0. The Morgan fingerprint density at radius 1 is 1.22 bits per heavy atom. The molecule has 3 nitrogen and oxygen atoms in total. The summed E-state index contributed by atoms with van der Waals surface area (Å²) in [6.07, 6.45) is 4.47. The number of carbonyl (C=O) groups excluding carboxylic acids is 1. The maximum atomic E-state index is 11.8. The molecule has 0 radical (unpaired) electrons.